The smallest absolute Gasteiger partial charge is 0.345 e. The summed E-state index contributed by atoms with van der Waals surface area (Å²) in [6.07, 6.45) is -1.63. The van der Waals surface area contributed by atoms with Gasteiger partial charge in [0.1, 0.15) is 4.88 Å². The Hall–Kier alpha value is -1.49. The summed E-state index contributed by atoms with van der Waals surface area (Å²) in [6.45, 7) is 0.898. The molecule has 0 aliphatic carbocycles. The highest BCUT2D eigenvalue weighted by molar-refractivity contribution is 7.89. The summed E-state index contributed by atoms with van der Waals surface area (Å²) in [5.74, 6) is -2.20. The van der Waals surface area contributed by atoms with Crippen molar-refractivity contribution in [3.05, 3.63) is 15.8 Å². The number of aromatic carboxylic acids is 1. The van der Waals surface area contributed by atoms with Crippen LogP contribution in [0.4, 0.5) is 0 Å². The molecule has 0 spiro atoms. The van der Waals surface area contributed by atoms with E-state index in [-0.39, 0.29) is 9.77 Å². The van der Waals surface area contributed by atoms with Crippen molar-refractivity contribution >= 4 is 33.3 Å². The summed E-state index contributed by atoms with van der Waals surface area (Å²) in [4.78, 5) is 21.7. The maximum atomic E-state index is 11.9. The molecule has 1 aromatic heterocycles. The Labute approximate surface area is 119 Å². The summed E-state index contributed by atoms with van der Waals surface area (Å²) in [7, 11) is -2.95. The maximum absolute atomic E-state index is 11.9. The lowest BCUT2D eigenvalue weighted by atomic mass is 10.4. The number of rotatable bonds is 6. The highest BCUT2D eigenvalue weighted by atomic mass is 32.2. The molecule has 1 rings (SSSR count). The van der Waals surface area contributed by atoms with Gasteiger partial charge in [0.15, 0.2) is 6.10 Å². The van der Waals surface area contributed by atoms with E-state index in [1.807, 2.05) is 4.72 Å². The molecule has 3 N–H and O–H groups in total. The van der Waals surface area contributed by atoms with E-state index in [4.69, 9.17) is 5.11 Å². The fraction of sp³-hybridized carbons (Fsp3) is 0.400. The zero-order valence-corrected chi connectivity index (χ0v) is 12.2. The average molecular weight is 323 g/mol. The molecule has 0 fully saturated rings. The highest BCUT2D eigenvalue weighted by Gasteiger charge is 2.24. The standard InChI is InChI=1S/C10H13NO7S2/c1-5-8(3-7(19-5)9(13)14)20(16,17)11-4-6(12)10(15)18-2/h3,6,11-12H,4H2,1-2H3,(H,13,14). The second-order valence-corrected chi connectivity index (χ2v) is 6.72. The van der Waals surface area contributed by atoms with Crippen molar-refractivity contribution < 1.29 is 33.0 Å². The number of aliphatic hydroxyl groups excluding tert-OH is 1. The third kappa shape index (κ3) is 3.76. The van der Waals surface area contributed by atoms with E-state index < -0.39 is 34.6 Å². The van der Waals surface area contributed by atoms with Crippen LogP contribution < -0.4 is 4.72 Å². The molecular formula is C10H13NO7S2. The van der Waals surface area contributed by atoms with Gasteiger partial charge in [-0.3, -0.25) is 0 Å². The van der Waals surface area contributed by atoms with Gasteiger partial charge in [-0.2, -0.15) is 0 Å². The number of aryl methyl sites for hydroxylation is 1. The first kappa shape index (κ1) is 16.6. The normalized spacial score (nSPS) is 12.9. The van der Waals surface area contributed by atoms with Crippen LogP contribution >= 0.6 is 11.3 Å². The maximum Gasteiger partial charge on any atom is 0.345 e. The van der Waals surface area contributed by atoms with E-state index in [2.05, 4.69) is 4.74 Å². The SMILES string of the molecule is COC(=O)C(O)CNS(=O)(=O)c1cc(C(=O)O)sc1C. The number of carbonyl (C=O) groups excluding carboxylic acids is 1. The van der Waals surface area contributed by atoms with E-state index in [0.29, 0.717) is 4.88 Å². The zero-order valence-electron chi connectivity index (χ0n) is 10.6. The Balaban J connectivity index is 2.89. The Morgan fingerprint density at radius 3 is 2.55 bits per heavy atom. The van der Waals surface area contributed by atoms with Crippen molar-refractivity contribution in [2.45, 2.75) is 17.9 Å². The van der Waals surface area contributed by atoms with E-state index >= 15 is 0 Å². The Morgan fingerprint density at radius 1 is 1.50 bits per heavy atom. The van der Waals surface area contributed by atoms with Crippen LogP contribution in [0.2, 0.25) is 0 Å². The van der Waals surface area contributed by atoms with Crippen molar-refractivity contribution in [3.63, 3.8) is 0 Å². The number of nitrogens with one attached hydrogen (secondary N) is 1. The second kappa shape index (κ2) is 6.31. The molecule has 20 heavy (non-hydrogen) atoms. The van der Waals surface area contributed by atoms with E-state index in [9.17, 15) is 23.1 Å². The lowest BCUT2D eigenvalue weighted by Crippen LogP contribution is -2.37. The first-order chi connectivity index (χ1) is 9.19. The summed E-state index contributed by atoms with van der Waals surface area (Å²) in [6, 6.07) is 1.02. The number of methoxy groups -OCH3 is 1. The second-order valence-electron chi connectivity index (χ2n) is 3.73. The molecule has 0 amide bonds. The first-order valence-electron chi connectivity index (χ1n) is 5.28. The Bertz CT molecular complexity index is 620. The number of carboxylic acid groups (broad SMARTS) is 1. The molecule has 0 aliphatic rings. The molecule has 0 bridgehead atoms. The van der Waals surface area contributed by atoms with Crippen molar-refractivity contribution in [2.75, 3.05) is 13.7 Å². The molecule has 0 radical (unpaired) electrons. The monoisotopic (exact) mass is 323 g/mol. The van der Waals surface area contributed by atoms with Crippen LogP contribution in [0.5, 0.6) is 0 Å². The summed E-state index contributed by atoms with van der Waals surface area (Å²) in [5.41, 5.74) is 0. The van der Waals surface area contributed by atoms with Gasteiger partial charge in [0.05, 0.1) is 12.0 Å². The third-order valence-corrected chi connectivity index (χ3v) is 5.03. The molecule has 1 heterocycles. The molecular weight excluding hydrogens is 310 g/mol. The van der Waals surface area contributed by atoms with Crippen molar-refractivity contribution in [3.8, 4) is 0 Å². The van der Waals surface area contributed by atoms with E-state index in [0.717, 1.165) is 24.5 Å². The lowest BCUT2D eigenvalue weighted by Gasteiger charge is -2.10. The molecule has 0 saturated heterocycles. The van der Waals surface area contributed by atoms with Gasteiger partial charge in [0.2, 0.25) is 10.0 Å². The summed E-state index contributed by atoms with van der Waals surface area (Å²) in [5, 5.41) is 18.1. The van der Waals surface area contributed by atoms with E-state index in [1.165, 1.54) is 6.92 Å². The largest absolute Gasteiger partial charge is 0.477 e. The topological polar surface area (TPSA) is 130 Å². The molecule has 1 atom stereocenters. The van der Waals surface area contributed by atoms with Crippen molar-refractivity contribution in [1.82, 2.24) is 4.72 Å². The minimum absolute atomic E-state index is 0.114. The molecule has 1 aromatic rings. The highest BCUT2D eigenvalue weighted by Crippen LogP contribution is 2.25. The molecule has 0 saturated carbocycles. The fourth-order valence-corrected chi connectivity index (χ4v) is 3.79. The first-order valence-corrected chi connectivity index (χ1v) is 7.58. The van der Waals surface area contributed by atoms with Crippen LogP contribution in [-0.2, 0) is 19.6 Å². The molecule has 1 unspecified atom stereocenters. The summed E-state index contributed by atoms with van der Waals surface area (Å²) < 4.78 is 30.1. The minimum Gasteiger partial charge on any atom is -0.477 e. The number of thiophene rings is 1. The van der Waals surface area contributed by atoms with Gasteiger partial charge in [-0.25, -0.2) is 22.7 Å². The van der Waals surface area contributed by atoms with Gasteiger partial charge in [-0.1, -0.05) is 0 Å². The van der Waals surface area contributed by atoms with Crippen LogP contribution in [0.1, 0.15) is 14.5 Å². The Morgan fingerprint density at radius 2 is 2.10 bits per heavy atom. The number of hydrogen-bond acceptors (Lipinski definition) is 7. The molecule has 10 heteroatoms. The van der Waals surface area contributed by atoms with Crippen LogP contribution in [0.3, 0.4) is 0 Å². The van der Waals surface area contributed by atoms with Gasteiger partial charge in [0.25, 0.3) is 0 Å². The van der Waals surface area contributed by atoms with Crippen LogP contribution in [0.15, 0.2) is 11.0 Å². The number of sulfonamides is 1. The van der Waals surface area contributed by atoms with Crippen LogP contribution in [0.25, 0.3) is 0 Å². The molecule has 0 aliphatic heterocycles. The quantitative estimate of drug-likeness (QED) is 0.605. The number of carboxylic acids is 1. The summed E-state index contributed by atoms with van der Waals surface area (Å²) >= 11 is 0.822. The Kier molecular flexibility index (Phi) is 5.22. The van der Waals surface area contributed by atoms with Gasteiger partial charge in [0, 0.05) is 11.4 Å². The number of hydrogen-bond donors (Lipinski definition) is 3. The van der Waals surface area contributed by atoms with Crippen LogP contribution in [-0.4, -0.2) is 50.3 Å². The molecule has 0 aromatic carbocycles. The van der Waals surface area contributed by atoms with E-state index in [1.54, 1.807) is 0 Å². The predicted octanol–water partition coefficient (Wildman–Crippen LogP) is -0.433. The van der Waals surface area contributed by atoms with Crippen molar-refractivity contribution in [2.24, 2.45) is 0 Å². The van der Waals surface area contributed by atoms with Gasteiger partial charge < -0.3 is 14.9 Å². The number of carbonyl (C=O) groups is 2. The number of aliphatic hydroxyl groups is 1. The minimum atomic E-state index is -4.01. The van der Waals surface area contributed by atoms with Crippen LogP contribution in [0, 0.1) is 6.92 Å². The van der Waals surface area contributed by atoms with Gasteiger partial charge in [-0.15, -0.1) is 11.3 Å². The van der Waals surface area contributed by atoms with Gasteiger partial charge >= 0.3 is 11.9 Å². The fourth-order valence-electron chi connectivity index (χ4n) is 1.32. The zero-order chi connectivity index (χ0) is 15.5. The predicted molar refractivity (Wildman–Crippen MR) is 69.2 cm³/mol. The lowest BCUT2D eigenvalue weighted by molar-refractivity contribution is -0.149. The molecule has 8 nitrogen and oxygen atoms in total. The van der Waals surface area contributed by atoms with Gasteiger partial charge in [-0.05, 0) is 13.0 Å². The molecule has 112 valence electrons. The number of ether oxygens (including phenoxy) is 1. The number of esters is 1. The van der Waals surface area contributed by atoms with Crippen molar-refractivity contribution in [1.29, 1.82) is 0 Å². The average Bonchev–Trinajstić information content (AvgIpc) is 2.78. The third-order valence-electron chi connectivity index (χ3n) is 2.31.